The number of nitrogens with two attached hydrogens (primary N) is 1. The second kappa shape index (κ2) is 18.6. The number of nitrogens with zero attached hydrogens (tertiary/aromatic N) is 2. The number of hydrazone groups is 1. The molecule has 6 unspecified atom stereocenters. The van der Waals surface area contributed by atoms with Crippen molar-refractivity contribution in [2.45, 2.75) is 90.6 Å². The Balaban J connectivity index is 2.15. The smallest absolute Gasteiger partial charge is 0.405 e. The molecule has 0 aromatic heterocycles. The number of amides is 2. The van der Waals surface area contributed by atoms with Crippen LogP contribution in [0.15, 0.2) is 63.2 Å². The van der Waals surface area contributed by atoms with Crippen molar-refractivity contribution in [3.05, 3.63) is 58.1 Å². The van der Waals surface area contributed by atoms with Crippen LogP contribution in [0.1, 0.15) is 66.2 Å². The molecule has 13 heteroatoms. The first kappa shape index (κ1) is 39.4. The summed E-state index contributed by atoms with van der Waals surface area (Å²) in [5.74, 6) is -2.57. The summed E-state index contributed by atoms with van der Waals surface area (Å²) in [6.07, 6.45) is 7.89. The molecule has 4 N–H and O–H groups in total. The quantitative estimate of drug-likeness (QED) is 0.213. The van der Waals surface area contributed by atoms with Crippen molar-refractivity contribution in [2.75, 3.05) is 34.4 Å². The molecule has 1 saturated heterocycles. The van der Waals surface area contributed by atoms with Crippen LogP contribution in [-0.2, 0) is 33.3 Å². The number of Topliss-reactive ketones (excluding diaryl/α,β-unsaturated/α-hetero) is 2. The van der Waals surface area contributed by atoms with Gasteiger partial charge in [0.15, 0.2) is 11.9 Å². The number of primary amides is 1. The highest BCUT2D eigenvalue weighted by atomic mass is 16.6. The SMILES string of the molecule is COC1=C2CC(C)CC(OC)C(O)C(C)/C=C(\C)C(OC(N)=O)C(OC)/C=C\C=C(/C)C(=O)NC(=C(/C=N/N3CCCCCC3)C1=O)C2=O. The van der Waals surface area contributed by atoms with Crippen LogP contribution >= 0.6 is 0 Å². The normalized spacial score (nSPS) is 31.4. The van der Waals surface area contributed by atoms with E-state index in [0.717, 1.165) is 25.7 Å². The molecule has 0 spiro atoms. The number of aliphatic hydroxyl groups excluding tert-OH is 1. The molecule has 0 radical (unpaired) electrons. The number of aliphatic hydroxyl groups is 1. The van der Waals surface area contributed by atoms with E-state index in [1.54, 1.807) is 39.0 Å². The number of hydrogen-bond acceptors (Lipinski definition) is 11. The predicted octanol–water partition coefficient (Wildman–Crippen LogP) is 3.64. The molecule has 2 heterocycles. The summed E-state index contributed by atoms with van der Waals surface area (Å²) >= 11 is 0. The van der Waals surface area contributed by atoms with Gasteiger partial charge in [0, 0.05) is 44.4 Å². The fourth-order valence-electron chi connectivity index (χ4n) is 6.30. The van der Waals surface area contributed by atoms with Gasteiger partial charge in [-0.15, -0.1) is 0 Å². The third-order valence-electron chi connectivity index (χ3n) is 9.07. The van der Waals surface area contributed by atoms with Gasteiger partial charge in [-0.1, -0.05) is 51.0 Å². The standard InChI is InChI=1S/C36H52N4O9/c1-21-17-25-31(42)29(26(32(43)34(25)48-7)20-38-40-15-10-8-9-11-16-40)39-35(44)22(2)13-12-14-27(46-5)33(49-36(37)45)24(4)19-23(3)30(41)28(18-21)47-6/h12-14,19-21,23,27-28,30,33,41H,8-11,15-18H2,1-7H3,(H2,37,45)(H,39,44)/b14-12-,22-13+,24-19+,38-20+. The van der Waals surface area contributed by atoms with Crippen LogP contribution in [0.2, 0.25) is 0 Å². The van der Waals surface area contributed by atoms with Gasteiger partial charge in [-0.2, -0.15) is 5.10 Å². The van der Waals surface area contributed by atoms with E-state index in [0.29, 0.717) is 25.1 Å². The lowest BCUT2D eigenvalue weighted by Gasteiger charge is -2.30. The summed E-state index contributed by atoms with van der Waals surface area (Å²) in [6.45, 7) is 8.40. The first-order valence-electron chi connectivity index (χ1n) is 16.8. The number of rotatable bonds is 6. The number of ketones is 2. The number of nitrogens with one attached hydrogen (secondary N) is 1. The van der Waals surface area contributed by atoms with E-state index < -0.39 is 53.9 Å². The van der Waals surface area contributed by atoms with Gasteiger partial charge in [0.1, 0.15) is 11.8 Å². The van der Waals surface area contributed by atoms with Crippen LogP contribution in [0.5, 0.6) is 0 Å². The number of fused-ring (bicyclic) bond motifs is 2. The van der Waals surface area contributed by atoms with Crippen molar-refractivity contribution in [3.63, 3.8) is 0 Å². The summed E-state index contributed by atoms with van der Waals surface area (Å²) in [6, 6.07) is 0. The van der Waals surface area contributed by atoms with Crippen molar-refractivity contribution >= 4 is 29.8 Å². The molecule has 49 heavy (non-hydrogen) atoms. The maximum absolute atomic E-state index is 14.2. The Morgan fingerprint density at radius 1 is 1.04 bits per heavy atom. The van der Waals surface area contributed by atoms with Gasteiger partial charge in [-0.25, -0.2) is 4.79 Å². The lowest BCUT2D eigenvalue weighted by atomic mass is 9.84. The molecule has 270 valence electrons. The van der Waals surface area contributed by atoms with Gasteiger partial charge in [-0.05, 0) is 51.0 Å². The molecule has 0 aromatic carbocycles. The first-order valence-corrected chi connectivity index (χ1v) is 16.8. The van der Waals surface area contributed by atoms with E-state index in [2.05, 4.69) is 10.4 Å². The van der Waals surface area contributed by atoms with Gasteiger partial charge < -0.3 is 35.1 Å². The van der Waals surface area contributed by atoms with Crippen molar-refractivity contribution in [1.29, 1.82) is 0 Å². The van der Waals surface area contributed by atoms with E-state index in [4.69, 9.17) is 24.7 Å². The molecule has 6 atom stereocenters. The van der Waals surface area contributed by atoms with Gasteiger partial charge in [0.05, 0.1) is 31.1 Å². The molecule has 0 aromatic rings. The highest BCUT2D eigenvalue weighted by Crippen LogP contribution is 2.31. The van der Waals surface area contributed by atoms with E-state index in [1.165, 1.54) is 33.6 Å². The van der Waals surface area contributed by atoms with Crippen LogP contribution < -0.4 is 11.1 Å². The number of carbonyl (C=O) groups is 4. The zero-order chi connectivity index (χ0) is 36.2. The molecule has 2 bridgehead atoms. The molecule has 2 aliphatic heterocycles. The minimum absolute atomic E-state index is 0.0727. The van der Waals surface area contributed by atoms with Crippen LogP contribution in [0.4, 0.5) is 4.79 Å². The minimum Gasteiger partial charge on any atom is -0.492 e. The number of carbonyl (C=O) groups excluding carboxylic acids is 4. The maximum Gasteiger partial charge on any atom is 0.405 e. The third-order valence-corrected chi connectivity index (χ3v) is 9.07. The zero-order valence-electron chi connectivity index (χ0n) is 29.7. The molecule has 2 amide bonds. The second-order valence-corrected chi connectivity index (χ2v) is 12.9. The third kappa shape index (κ3) is 10.5. The van der Waals surface area contributed by atoms with E-state index in [1.807, 2.05) is 11.9 Å². The van der Waals surface area contributed by atoms with Crippen molar-refractivity contribution in [2.24, 2.45) is 22.7 Å². The summed E-state index contributed by atoms with van der Waals surface area (Å²) in [5.41, 5.74) is 6.05. The van der Waals surface area contributed by atoms with E-state index >= 15 is 0 Å². The Kier molecular flexibility index (Phi) is 15.0. The summed E-state index contributed by atoms with van der Waals surface area (Å²) in [7, 11) is 4.26. The number of methoxy groups -OCH3 is 3. The maximum atomic E-state index is 14.2. The van der Waals surface area contributed by atoms with E-state index in [-0.39, 0.29) is 40.5 Å². The van der Waals surface area contributed by atoms with Crippen LogP contribution in [-0.4, -0.2) is 98.7 Å². The van der Waals surface area contributed by atoms with E-state index in [9.17, 15) is 24.3 Å². The Morgan fingerprint density at radius 3 is 2.31 bits per heavy atom. The monoisotopic (exact) mass is 684 g/mol. The Labute approximate surface area is 288 Å². The van der Waals surface area contributed by atoms with Crippen LogP contribution in [0.3, 0.4) is 0 Å². The summed E-state index contributed by atoms with van der Waals surface area (Å²) in [5, 5.41) is 20.4. The predicted molar refractivity (Wildman–Crippen MR) is 184 cm³/mol. The zero-order valence-corrected chi connectivity index (χ0v) is 29.7. The molecule has 0 saturated carbocycles. The van der Waals surface area contributed by atoms with Crippen molar-refractivity contribution in [1.82, 2.24) is 10.3 Å². The average molecular weight is 685 g/mol. The minimum atomic E-state index is -1.01. The molecular weight excluding hydrogens is 632 g/mol. The first-order chi connectivity index (χ1) is 23.3. The number of hydrogen-bond donors (Lipinski definition) is 3. The Morgan fingerprint density at radius 2 is 1.71 bits per heavy atom. The summed E-state index contributed by atoms with van der Waals surface area (Å²) in [4.78, 5) is 53.5. The van der Waals surface area contributed by atoms with Crippen molar-refractivity contribution < 1.29 is 43.2 Å². The highest BCUT2D eigenvalue weighted by molar-refractivity contribution is 6.32. The van der Waals surface area contributed by atoms with Gasteiger partial charge in [0.2, 0.25) is 11.6 Å². The second-order valence-electron chi connectivity index (χ2n) is 12.9. The molecule has 1 aliphatic carbocycles. The largest absolute Gasteiger partial charge is 0.492 e. The molecule has 1 fully saturated rings. The lowest BCUT2D eigenvalue weighted by Crippen LogP contribution is -2.38. The molecule has 13 nitrogen and oxygen atoms in total. The van der Waals surface area contributed by atoms with Gasteiger partial charge >= 0.3 is 6.09 Å². The van der Waals surface area contributed by atoms with Gasteiger partial charge in [-0.3, -0.25) is 19.4 Å². The average Bonchev–Trinajstić information content (AvgIpc) is 3.34. The Hall–Kier alpha value is -4.07. The molecule has 3 aliphatic rings. The Bertz CT molecular complexity index is 1420. The number of ether oxygens (including phenoxy) is 4. The highest BCUT2D eigenvalue weighted by Gasteiger charge is 2.38. The summed E-state index contributed by atoms with van der Waals surface area (Å²) < 4.78 is 22.3. The molecule has 3 rings (SSSR count). The van der Waals surface area contributed by atoms with Crippen molar-refractivity contribution in [3.8, 4) is 0 Å². The lowest BCUT2D eigenvalue weighted by molar-refractivity contribution is -0.121. The fraction of sp³-hybridized carbons (Fsp3) is 0.583. The van der Waals surface area contributed by atoms with Crippen LogP contribution in [0, 0.1) is 11.8 Å². The topological polar surface area (TPSA) is 179 Å². The fourth-order valence-corrected chi connectivity index (χ4v) is 6.30. The van der Waals surface area contributed by atoms with Gasteiger partial charge in [0.25, 0.3) is 5.91 Å². The number of allylic oxidation sites excluding steroid dienone is 4. The van der Waals surface area contributed by atoms with Crippen LogP contribution in [0.25, 0.3) is 0 Å². The molecular formula is C36H52N4O9.